The van der Waals surface area contributed by atoms with Gasteiger partial charge in [-0.2, -0.15) is 5.10 Å². The Morgan fingerprint density at radius 2 is 1.77 bits per heavy atom. The van der Waals surface area contributed by atoms with Crippen LogP contribution in [0.1, 0.15) is 46.5 Å². The first-order valence-corrected chi connectivity index (χ1v) is 14.6. The molecule has 6 rings (SSSR count). The maximum atomic E-state index is 13.9. The lowest BCUT2D eigenvalue weighted by atomic mass is 10.0. The number of anilines is 2. The van der Waals surface area contributed by atoms with Crippen molar-refractivity contribution in [2.45, 2.75) is 62.3 Å². The molecular formula is C30H35FN6OS. The van der Waals surface area contributed by atoms with Crippen molar-refractivity contribution in [2.75, 3.05) is 36.5 Å². The van der Waals surface area contributed by atoms with E-state index in [0.29, 0.717) is 25.2 Å². The summed E-state index contributed by atoms with van der Waals surface area (Å²) in [6.07, 6.45) is 6.56. The van der Waals surface area contributed by atoms with Crippen LogP contribution in [0.15, 0.2) is 53.7 Å². The number of aromatic nitrogens is 4. The summed E-state index contributed by atoms with van der Waals surface area (Å²) in [6, 6.07) is 13.3. The molecule has 0 unspecified atom stereocenters. The van der Waals surface area contributed by atoms with Crippen molar-refractivity contribution in [3.63, 3.8) is 0 Å². The summed E-state index contributed by atoms with van der Waals surface area (Å²) >= 11 is 1.79. The van der Waals surface area contributed by atoms with Crippen molar-refractivity contribution < 1.29 is 9.13 Å². The summed E-state index contributed by atoms with van der Waals surface area (Å²) in [5, 5.41) is 9.73. The van der Waals surface area contributed by atoms with E-state index in [4.69, 9.17) is 14.8 Å². The monoisotopic (exact) mass is 546 g/mol. The van der Waals surface area contributed by atoms with Crippen LogP contribution in [0.4, 0.5) is 16.0 Å². The fraction of sp³-hybridized carbons (Fsp3) is 0.433. The zero-order valence-electron chi connectivity index (χ0n) is 22.8. The standard InChI is InChI=1S/C30H35FN6OS/c1-30(2,3)39-26-19-23(36-14-16-38-17-15-36)18-25-27(28(35-37(25)26)20-8-10-21(31)11-9-20)24-12-13-32-29(34-24)33-22-6-4-5-7-22/h8-13,18-19,22H,4-7,14-17H2,1-3H3,(H,32,33,34). The van der Waals surface area contributed by atoms with Gasteiger partial charge in [-0.25, -0.2) is 18.9 Å². The van der Waals surface area contributed by atoms with E-state index in [2.05, 4.69) is 48.1 Å². The Morgan fingerprint density at radius 3 is 2.49 bits per heavy atom. The highest BCUT2D eigenvalue weighted by atomic mass is 32.2. The summed E-state index contributed by atoms with van der Waals surface area (Å²) in [5.41, 5.74) is 5.45. The average molecular weight is 547 g/mol. The molecule has 9 heteroatoms. The molecule has 4 heterocycles. The van der Waals surface area contributed by atoms with E-state index in [0.717, 1.165) is 64.7 Å². The minimum absolute atomic E-state index is 0.0218. The molecule has 7 nitrogen and oxygen atoms in total. The molecule has 1 aliphatic heterocycles. The number of benzene rings is 1. The van der Waals surface area contributed by atoms with Gasteiger partial charge in [-0.15, -0.1) is 11.8 Å². The van der Waals surface area contributed by atoms with Crippen molar-refractivity contribution in [1.82, 2.24) is 19.6 Å². The second-order valence-corrected chi connectivity index (χ2v) is 13.1. The highest BCUT2D eigenvalue weighted by Crippen LogP contribution is 2.41. The predicted molar refractivity (Wildman–Crippen MR) is 156 cm³/mol. The number of ether oxygens (including phenoxy) is 1. The van der Waals surface area contributed by atoms with Gasteiger partial charge in [0.05, 0.1) is 30.0 Å². The van der Waals surface area contributed by atoms with Gasteiger partial charge in [0.15, 0.2) is 0 Å². The van der Waals surface area contributed by atoms with Gasteiger partial charge in [0, 0.05) is 41.3 Å². The van der Waals surface area contributed by atoms with Gasteiger partial charge in [0.1, 0.15) is 16.5 Å². The fourth-order valence-corrected chi connectivity index (χ4v) is 6.41. The van der Waals surface area contributed by atoms with Crippen molar-refractivity contribution in [3.05, 3.63) is 54.5 Å². The molecule has 2 aliphatic rings. The first-order valence-electron chi connectivity index (χ1n) is 13.8. The Morgan fingerprint density at radius 1 is 1.03 bits per heavy atom. The molecule has 39 heavy (non-hydrogen) atoms. The zero-order chi connectivity index (χ0) is 27.0. The smallest absolute Gasteiger partial charge is 0.223 e. The van der Waals surface area contributed by atoms with Crippen LogP contribution in [0.2, 0.25) is 0 Å². The first kappa shape index (κ1) is 26.1. The minimum Gasteiger partial charge on any atom is -0.378 e. The van der Waals surface area contributed by atoms with E-state index in [1.807, 2.05) is 16.8 Å². The molecule has 1 N–H and O–H groups in total. The molecule has 3 aromatic heterocycles. The Kier molecular flexibility index (Phi) is 7.20. The Hall–Kier alpha value is -3.17. The van der Waals surface area contributed by atoms with Gasteiger partial charge < -0.3 is 15.0 Å². The number of thioether (sulfide) groups is 1. The molecule has 0 atom stereocenters. The van der Waals surface area contributed by atoms with Gasteiger partial charge in [-0.05, 0) is 55.3 Å². The number of morpholine rings is 1. The lowest BCUT2D eigenvalue weighted by molar-refractivity contribution is 0.122. The average Bonchev–Trinajstić information content (AvgIpc) is 3.57. The molecule has 0 amide bonds. The van der Waals surface area contributed by atoms with E-state index in [1.165, 1.54) is 25.0 Å². The van der Waals surface area contributed by atoms with E-state index < -0.39 is 0 Å². The summed E-state index contributed by atoms with van der Waals surface area (Å²) < 4.78 is 21.6. The summed E-state index contributed by atoms with van der Waals surface area (Å²) in [6.45, 7) is 9.73. The predicted octanol–water partition coefficient (Wildman–Crippen LogP) is 6.68. The molecule has 2 fully saturated rings. The van der Waals surface area contributed by atoms with E-state index >= 15 is 0 Å². The van der Waals surface area contributed by atoms with Crippen LogP contribution in [0.25, 0.3) is 28.0 Å². The van der Waals surface area contributed by atoms with Crippen LogP contribution in [-0.2, 0) is 4.74 Å². The van der Waals surface area contributed by atoms with Crippen LogP contribution in [0, 0.1) is 5.82 Å². The van der Waals surface area contributed by atoms with Crippen LogP contribution in [-0.4, -0.2) is 56.7 Å². The largest absolute Gasteiger partial charge is 0.378 e. The number of nitrogens with one attached hydrogen (secondary N) is 1. The Bertz CT molecular complexity index is 1450. The number of fused-ring (bicyclic) bond motifs is 1. The van der Waals surface area contributed by atoms with Crippen molar-refractivity contribution in [2.24, 2.45) is 0 Å². The van der Waals surface area contributed by atoms with Crippen LogP contribution >= 0.6 is 11.8 Å². The van der Waals surface area contributed by atoms with E-state index in [1.54, 1.807) is 23.9 Å². The number of halogens is 1. The molecule has 0 radical (unpaired) electrons. The normalized spacial score (nSPS) is 16.8. The quantitative estimate of drug-likeness (QED) is 0.271. The van der Waals surface area contributed by atoms with Crippen LogP contribution < -0.4 is 10.2 Å². The molecule has 1 saturated heterocycles. The fourth-order valence-electron chi connectivity index (χ4n) is 5.37. The highest BCUT2D eigenvalue weighted by Gasteiger charge is 2.25. The SMILES string of the molecule is CC(C)(C)Sc1cc(N2CCOCC2)cc2c(-c3ccnc(NC4CCCC4)n3)c(-c3ccc(F)cc3)nn12. The number of pyridine rings is 1. The number of hydrogen-bond donors (Lipinski definition) is 1. The molecule has 0 spiro atoms. The Labute approximate surface area is 233 Å². The van der Waals surface area contributed by atoms with Crippen LogP contribution in [0.5, 0.6) is 0 Å². The summed E-state index contributed by atoms with van der Waals surface area (Å²) in [7, 11) is 0. The molecule has 204 valence electrons. The number of rotatable bonds is 6. The van der Waals surface area contributed by atoms with Gasteiger partial charge in [-0.1, -0.05) is 33.6 Å². The molecule has 1 aliphatic carbocycles. The zero-order valence-corrected chi connectivity index (χ0v) is 23.6. The third-order valence-electron chi connectivity index (χ3n) is 7.19. The third-order valence-corrected chi connectivity index (χ3v) is 8.30. The minimum atomic E-state index is -0.271. The maximum absolute atomic E-state index is 13.9. The van der Waals surface area contributed by atoms with Crippen molar-refractivity contribution in [1.29, 1.82) is 0 Å². The van der Waals surface area contributed by atoms with Gasteiger partial charge >= 0.3 is 0 Å². The maximum Gasteiger partial charge on any atom is 0.223 e. The molecule has 1 aromatic carbocycles. The topological polar surface area (TPSA) is 67.6 Å². The van der Waals surface area contributed by atoms with Gasteiger partial charge in [0.25, 0.3) is 0 Å². The summed E-state index contributed by atoms with van der Waals surface area (Å²) in [5.74, 6) is 0.366. The molecule has 0 bridgehead atoms. The second kappa shape index (κ2) is 10.8. The van der Waals surface area contributed by atoms with Gasteiger partial charge in [-0.3, -0.25) is 0 Å². The molecule has 4 aromatic rings. The number of hydrogen-bond acceptors (Lipinski definition) is 7. The third kappa shape index (κ3) is 5.75. The highest BCUT2D eigenvalue weighted by molar-refractivity contribution is 8.00. The summed E-state index contributed by atoms with van der Waals surface area (Å²) in [4.78, 5) is 11.9. The van der Waals surface area contributed by atoms with Crippen LogP contribution in [0.3, 0.4) is 0 Å². The number of nitrogens with zero attached hydrogens (tertiary/aromatic N) is 5. The first-order chi connectivity index (χ1) is 18.8. The van der Waals surface area contributed by atoms with E-state index in [9.17, 15) is 4.39 Å². The van der Waals surface area contributed by atoms with Crippen molar-refractivity contribution >= 4 is 28.9 Å². The van der Waals surface area contributed by atoms with E-state index in [-0.39, 0.29) is 10.6 Å². The lowest BCUT2D eigenvalue weighted by Crippen LogP contribution is -2.36. The van der Waals surface area contributed by atoms with Crippen molar-refractivity contribution in [3.8, 4) is 22.5 Å². The molecular weight excluding hydrogens is 511 g/mol. The molecule has 1 saturated carbocycles. The van der Waals surface area contributed by atoms with Gasteiger partial charge in [0.2, 0.25) is 5.95 Å². The lowest BCUT2D eigenvalue weighted by Gasteiger charge is -2.30. The second-order valence-electron chi connectivity index (χ2n) is 11.3. The Balaban J connectivity index is 1.56.